The molecule has 0 aromatic rings. The number of sulfonamides is 1. The minimum absolute atomic E-state index is 0.0990. The lowest BCUT2D eigenvalue weighted by Gasteiger charge is -2.35. The topological polar surface area (TPSA) is 96.5 Å². The molecule has 0 radical (unpaired) electrons. The Balaban J connectivity index is 2.06. The average molecular weight is 275 g/mol. The van der Waals surface area contributed by atoms with E-state index in [0.29, 0.717) is 39.1 Å². The van der Waals surface area contributed by atoms with Gasteiger partial charge >= 0.3 is 0 Å². The summed E-state index contributed by atoms with van der Waals surface area (Å²) in [6.45, 7) is 1.97. The summed E-state index contributed by atoms with van der Waals surface area (Å²) in [6.07, 6.45) is 2.75. The standard InChI is InChI=1S/C11H21N3O3S/c12-11(13)9-2-1-5-14(8-9)18(15,16)10-3-6-17-7-4-10/h9-10H,1-8H2,(H3,12,13). The molecule has 0 aromatic carbocycles. The second-order valence-corrected chi connectivity index (χ2v) is 7.22. The van der Waals surface area contributed by atoms with Crippen LogP contribution in [0.5, 0.6) is 0 Å². The number of nitrogens with two attached hydrogens (primary N) is 1. The van der Waals surface area contributed by atoms with Crippen molar-refractivity contribution in [1.29, 1.82) is 5.41 Å². The maximum atomic E-state index is 12.5. The number of nitrogens with zero attached hydrogens (tertiary/aromatic N) is 1. The minimum atomic E-state index is -3.25. The van der Waals surface area contributed by atoms with Crippen molar-refractivity contribution in [2.45, 2.75) is 30.9 Å². The zero-order valence-corrected chi connectivity index (χ0v) is 11.3. The van der Waals surface area contributed by atoms with E-state index in [0.717, 1.165) is 12.8 Å². The van der Waals surface area contributed by atoms with Crippen molar-refractivity contribution in [3.8, 4) is 0 Å². The van der Waals surface area contributed by atoms with Gasteiger partial charge in [0, 0.05) is 32.2 Å². The molecule has 0 aromatic heterocycles. The number of hydrogen-bond donors (Lipinski definition) is 2. The van der Waals surface area contributed by atoms with Crippen LogP contribution in [0, 0.1) is 11.3 Å². The molecule has 0 saturated carbocycles. The summed E-state index contributed by atoms with van der Waals surface area (Å²) < 4.78 is 31.7. The van der Waals surface area contributed by atoms with Crippen LogP contribution in [0.2, 0.25) is 0 Å². The van der Waals surface area contributed by atoms with Gasteiger partial charge in [-0.25, -0.2) is 12.7 Å². The Morgan fingerprint density at radius 3 is 2.56 bits per heavy atom. The summed E-state index contributed by atoms with van der Waals surface area (Å²) in [7, 11) is -3.25. The molecule has 2 aliphatic rings. The van der Waals surface area contributed by atoms with Crippen LogP contribution in [0.1, 0.15) is 25.7 Å². The van der Waals surface area contributed by atoms with Crippen molar-refractivity contribution >= 4 is 15.9 Å². The Morgan fingerprint density at radius 1 is 1.28 bits per heavy atom. The largest absolute Gasteiger partial charge is 0.387 e. The van der Waals surface area contributed by atoms with Gasteiger partial charge in [0.2, 0.25) is 10.0 Å². The Bertz CT molecular complexity index is 404. The number of ether oxygens (including phenoxy) is 1. The molecule has 2 saturated heterocycles. The van der Waals surface area contributed by atoms with Crippen LogP contribution in [0.25, 0.3) is 0 Å². The summed E-state index contributed by atoms with van der Waals surface area (Å²) in [4.78, 5) is 0. The lowest BCUT2D eigenvalue weighted by atomic mass is 9.99. The van der Waals surface area contributed by atoms with E-state index in [4.69, 9.17) is 15.9 Å². The van der Waals surface area contributed by atoms with Crippen LogP contribution in [0.15, 0.2) is 0 Å². The highest BCUT2D eigenvalue weighted by Crippen LogP contribution is 2.25. The Morgan fingerprint density at radius 2 is 1.94 bits per heavy atom. The molecule has 0 bridgehead atoms. The molecular formula is C11H21N3O3S. The van der Waals surface area contributed by atoms with Gasteiger partial charge in [0.15, 0.2) is 0 Å². The predicted octanol–water partition coefficient (Wildman–Crippen LogP) is 0.143. The molecule has 2 fully saturated rings. The van der Waals surface area contributed by atoms with E-state index in [1.165, 1.54) is 4.31 Å². The van der Waals surface area contributed by atoms with Gasteiger partial charge in [-0.05, 0) is 25.7 Å². The third-order valence-corrected chi connectivity index (χ3v) is 6.14. The fraction of sp³-hybridized carbons (Fsp3) is 0.909. The first-order valence-corrected chi connectivity index (χ1v) is 7.92. The number of amidine groups is 1. The van der Waals surface area contributed by atoms with E-state index in [9.17, 15) is 8.42 Å². The Labute approximate surface area is 108 Å². The van der Waals surface area contributed by atoms with E-state index in [2.05, 4.69) is 0 Å². The molecule has 7 heteroatoms. The van der Waals surface area contributed by atoms with Crippen molar-refractivity contribution in [2.24, 2.45) is 11.7 Å². The summed E-state index contributed by atoms with van der Waals surface area (Å²) in [6, 6.07) is 0. The lowest BCUT2D eigenvalue weighted by Crippen LogP contribution is -2.48. The smallest absolute Gasteiger partial charge is 0.217 e. The first kappa shape index (κ1) is 13.8. The molecule has 6 nitrogen and oxygen atoms in total. The normalized spacial score (nSPS) is 28.1. The van der Waals surface area contributed by atoms with Crippen molar-refractivity contribution in [2.75, 3.05) is 26.3 Å². The molecular weight excluding hydrogens is 254 g/mol. The highest BCUT2D eigenvalue weighted by molar-refractivity contribution is 7.89. The first-order valence-electron chi connectivity index (χ1n) is 6.42. The predicted molar refractivity (Wildman–Crippen MR) is 69.0 cm³/mol. The second-order valence-electron chi connectivity index (χ2n) is 5.01. The van der Waals surface area contributed by atoms with Gasteiger partial charge in [-0.15, -0.1) is 0 Å². The van der Waals surface area contributed by atoms with Crippen molar-refractivity contribution in [3.63, 3.8) is 0 Å². The number of piperidine rings is 1. The van der Waals surface area contributed by atoms with E-state index >= 15 is 0 Å². The third-order valence-electron chi connectivity index (χ3n) is 3.77. The molecule has 0 aliphatic carbocycles. The van der Waals surface area contributed by atoms with Gasteiger partial charge in [-0.2, -0.15) is 0 Å². The molecule has 0 spiro atoms. The number of nitrogens with one attached hydrogen (secondary N) is 1. The average Bonchev–Trinajstić information content (AvgIpc) is 2.40. The maximum absolute atomic E-state index is 12.5. The summed E-state index contributed by atoms with van der Waals surface area (Å²) in [5.74, 6) is -0.0183. The van der Waals surface area contributed by atoms with Gasteiger partial charge in [0.05, 0.1) is 11.1 Å². The van der Waals surface area contributed by atoms with Gasteiger partial charge in [-0.1, -0.05) is 0 Å². The second kappa shape index (κ2) is 5.54. The number of hydrogen-bond acceptors (Lipinski definition) is 4. The SMILES string of the molecule is N=C(N)C1CCCN(S(=O)(=O)C2CCOCC2)C1. The molecule has 2 aliphatic heterocycles. The summed E-state index contributed by atoms with van der Waals surface area (Å²) >= 11 is 0. The van der Waals surface area contributed by atoms with Crippen LogP contribution in [0.4, 0.5) is 0 Å². The Kier molecular flexibility index (Phi) is 4.24. The fourth-order valence-electron chi connectivity index (χ4n) is 2.61. The zero-order chi connectivity index (χ0) is 13.2. The third kappa shape index (κ3) is 2.84. The van der Waals surface area contributed by atoms with Gasteiger partial charge in [0.1, 0.15) is 0 Å². The van der Waals surface area contributed by atoms with E-state index < -0.39 is 10.0 Å². The van der Waals surface area contributed by atoms with Crippen molar-refractivity contribution < 1.29 is 13.2 Å². The molecule has 18 heavy (non-hydrogen) atoms. The van der Waals surface area contributed by atoms with Gasteiger partial charge in [0.25, 0.3) is 0 Å². The quantitative estimate of drug-likeness (QED) is 0.565. The molecule has 0 amide bonds. The molecule has 2 heterocycles. The first-order chi connectivity index (χ1) is 8.51. The van der Waals surface area contributed by atoms with Crippen molar-refractivity contribution in [3.05, 3.63) is 0 Å². The molecule has 104 valence electrons. The van der Waals surface area contributed by atoms with E-state index in [-0.39, 0.29) is 17.0 Å². The van der Waals surface area contributed by atoms with Crippen LogP contribution in [-0.2, 0) is 14.8 Å². The molecule has 1 unspecified atom stereocenters. The van der Waals surface area contributed by atoms with Crippen LogP contribution >= 0.6 is 0 Å². The highest BCUT2D eigenvalue weighted by Gasteiger charge is 2.36. The van der Waals surface area contributed by atoms with Crippen LogP contribution < -0.4 is 5.73 Å². The molecule has 1 atom stereocenters. The van der Waals surface area contributed by atoms with E-state index in [1.54, 1.807) is 0 Å². The highest BCUT2D eigenvalue weighted by atomic mass is 32.2. The molecule has 3 N–H and O–H groups in total. The summed E-state index contributed by atoms with van der Waals surface area (Å²) in [5, 5.41) is 7.14. The Hall–Kier alpha value is -0.660. The molecule has 2 rings (SSSR count). The van der Waals surface area contributed by atoms with Crippen molar-refractivity contribution in [1.82, 2.24) is 4.31 Å². The maximum Gasteiger partial charge on any atom is 0.217 e. The van der Waals surface area contributed by atoms with Gasteiger partial charge in [-0.3, -0.25) is 5.41 Å². The zero-order valence-electron chi connectivity index (χ0n) is 10.5. The summed E-state index contributed by atoms with van der Waals surface area (Å²) in [5.41, 5.74) is 5.49. The minimum Gasteiger partial charge on any atom is -0.387 e. The monoisotopic (exact) mass is 275 g/mol. The van der Waals surface area contributed by atoms with Crippen LogP contribution in [-0.4, -0.2) is 50.1 Å². The fourth-order valence-corrected chi connectivity index (χ4v) is 4.59. The number of rotatable bonds is 3. The van der Waals surface area contributed by atoms with Gasteiger partial charge < -0.3 is 10.5 Å². The lowest BCUT2D eigenvalue weighted by molar-refractivity contribution is 0.0968. The van der Waals surface area contributed by atoms with Crippen LogP contribution in [0.3, 0.4) is 0 Å². The van der Waals surface area contributed by atoms with E-state index in [1.807, 2.05) is 0 Å².